The first-order valence-electron chi connectivity index (χ1n) is 11.4. The molecule has 0 unspecified atom stereocenters. The molecule has 1 aliphatic rings. The van der Waals surface area contributed by atoms with Gasteiger partial charge < -0.3 is 5.11 Å². The molecular formula is C23H38N2O4S. The summed E-state index contributed by atoms with van der Waals surface area (Å²) in [5.41, 5.74) is 0.774. The molecule has 2 rings (SSSR count). The molecule has 7 heteroatoms. The number of carbonyl (C=O) groups is 1. The maximum Gasteiger partial charge on any atom is 0.305 e. The van der Waals surface area contributed by atoms with Gasteiger partial charge in [0.25, 0.3) is 10.2 Å². The third-order valence-electron chi connectivity index (χ3n) is 6.10. The molecule has 0 radical (unpaired) electrons. The van der Waals surface area contributed by atoms with Crippen LogP contribution in [-0.2, 0) is 21.4 Å². The van der Waals surface area contributed by atoms with E-state index in [0.29, 0.717) is 24.4 Å². The van der Waals surface area contributed by atoms with Gasteiger partial charge in [0.1, 0.15) is 0 Å². The lowest BCUT2D eigenvalue weighted by molar-refractivity contribution is -0.139. The van der Waals surface area contributed by atoms with Crippen LogP contribution >= 0.6 is 0 Å². The third kappa shape index (κ3) is 8.64. The van der Waals surface area contributed by atoms with Crippen LogP contribution in [0.4, 0.5) is 5.69 Å². The highest BCUT2D eigenvalue weighted by Crippen LogP contribution is 2.35. The molecule has 0 saturated heterocycles. The molecule has 1 aliphatic carbocycles. The lowest BCUT2D eigenvalue weighted by Crippen LogP contribution is -2.53. The van der Waals surface area contributed by atoms with Crippen molar-refractivity contribution in [1.29, 1.82) is 0 Å². The quantitative estimate of drug-likeness (QED) is 0.366. The molecule has 30 heavy (non-hydrogen) atoms. The van der Waals surface area contributed by atoms with Gasteiger partial charge in [0, 0.05) is 11.2 Å². The molecule has 0 aliphatic heterocycles. The van der Waals surface area contributed by atoms with Crippen molar-refractivity contribution in [2.24, 2.45) is 5.92 Å². The molecule has 1 aromatic rings. The second-order valence-electron chi connectivity index (χ2n) is 8.96. The van der Waals surface area contributed by atoms with Gasteiger partial charge in [-0.15, -0.1) is 0 Å². The second-order valence-corrected chi connectivity index (χ2v) is 10.4. The molecule has 1 saturated carbocycles. The topological polar surface area (TPSA) is 95.5 Å². The zero-order valence-corrected chi connectivity index (χ0v) is 19.3. The van der Waals surface area contributed by atoms with E-state index in [0.717, 1.165) is 25.7 Å². The Morgan fingerprint density at radius 1 is 1.07 bits per heavy atom. The normalized spacial score (nSPS) is 22.0. The maximum atomic E-state index is 12.7. The molecule has 6 nitrogen and oxygen atoms in total. The predicted octanol–water partition coefficient (Wildman–Crippen LogP) is 5.26. The highest BCUT2D eigenvalue weighted by molar-refractivity contribution is 7.90. The number of aliphatic carboxylic acids is 1. The van der Waals surface area contributed by atoms with E-state index in [-0.39, 0.29) is 6.42 Å². The van der Waals surface area contributed by atoms with Gasteiger partial charge in [-0.1, -0.05) is 58.1 Å². The highest BCUT2D eigenvalue weighted by atomic mass is 32.2. The van der Waals surface area contributed by atoms with E-state index in [1.54, 1.807) is 12.1 Å². The summed E-state index contributed by atoms with van der Waals surface area (Å²) in [4.78, 5) is 11.3. The van der Waals surface area contributed by atoms with Crippen LogP contribution in [0, 0.1) is 5.92 Å². The maximum absolute atomic E-state index is 12.7. The van der Waals surface area contributed by atoms with E-state index < -0.39 is 21.7 Å². The Hall–Kier alpha value is -1.60. The number of hydrogen-bond acceptors (Lipinski definition) is 3. The van der Waals surface area contributed by atoms with Crippen molar-refractivity contribution in [3.63, 3.8) is 0 Å². The number of aryl methyl sites for hydroxylation is 1. The van der Waals surface area contributed by atoms with Gasteiger partial charge in [0.05, 0.1) is 6.42 Å². The van der Waals surface area contributed by atoms with Gasteiger partial charge in [0.15, 0.2) is 0 Å². The van der Waals surface area contributed by atoms with E-state index >= 15 is 0 Å². The zero-order valence-electron chi connectivity index (χ0n) is 18.5. The summed E-state index contributed by atoms with van der Waals surface area (Å²) in [6, 6.07) is 7.47. The minimum absolute atomic E-state index is 0.197. The smallest absolute Gasteiger partial charge is 0.305 e. The van der Waals surface area contributed by atoms with Gasteiger partial charge >= 0.3 is 5.97 Å². The Labute approximate surface area is 182 Å². The fourth-order valence-corrected chi connectivity index (χ4v) is 5.58. The Bertz CT molecular complexity index is 754. The molecule has 0 amide bonds. The first-order valence-corrected chi connectivity index (χ1v) is 12.8. The number of unbranched alkanes of at least 4 members (excludes halogenated alkanes) is 5. The van der Waals surface area contributed by atoms with Crippen molar-refractivity contribution in [3.05, 3.63) is 29.8 Å². The van der Waals surface area contributed by atoms with Crippen molar-refractivity contribution in [1.82, 2.24) is 4.72 Å². The average molecular weight is 439 g/mol. The van der Waals surface area contributed by atoms with Gasteiger partial charge in [-0.05, 0) is 62.1 Å². The van der Waals surface area contributed by atoms with Crippen molar-refractivity contribution in [2.75, 3.05) is 4.72 Å². The van der Waals surface area contributed by atoms with E-state index in [1.807, 2.05) is 12.1 Å². The molecule has 0 heterocycles. The number of carboxylic acids is 1. The van der Waals surface area contributed by atoms with E-state index in [4.69, 9.17) is 0 Å². The molecule has 1 aromatic carbocycles. The highest BCUT2D eigenvalue weighted by Gasteiger charge is 2.39. The largest absolute Gasteiger partial charge is 0.481 e. The molecule has 1 fully saturated rings. The van der Waals surface area contributed by atoms with Gasteiger partial charge in [-0.2, -0.15) is 13.1 Å². The van der Waals surface area contributed by atoms with Crippen LogP contribution in [-0.4, -0.2) is 25.0 Å². The SMILES string of the molecule is CCCCCCCCc1ccc(NS(=O)(=O)NC2(CC(=O)O)CCC(C)CC2)cc1. The molecule has 0 spiro atoms. The standard InChI is InChI=1S/C23H38N2O4S/c1-3-4-5-6-7-8-9-20-10-12-21(13-11-20)24-30(28,29)25-23(18-22(26)27)16-14-19(2)15-17-23/h10-13,19,24-25H,3-9,14-18H2,1-2H3,(H,26,27). The minimum atomic E-state index is -3.86. The third-order valence-corrected chi connectivity index (χ3v) is 7.30. The van der Waals surface area contributed by atoms with Crippen LogP contribution in [0.25, 0.3) is 0 Å². The van der Waals surface area contributed by atoms with E-state index in [1.165, 1.54) is 37.7 Å². The summed E-state index contributed by atoms with van der Waals surface area (Å²) in [7, 11) is -3.86. The number of benzene rings is 1. The number of hydrogen-bond donors (Lipinski definition) is 3. The molecule has 170 valence electrons. The lowest BCUT2D eigenvalue weighted by Gasteiger charge is -2.38. The Morgan fingerprint density at radius 3 is 2.27 bits per heavy atom. The van der Waals surface area contributed by atoms with Crippen LogP contribution in [0.1, 0.15) is 90.0 Å². The van der Waals surface area contributed by atoms with Crippen molar-refractivity contribution >= 4 is 21.9 Å². The zero-order chi connectivity index (χ0) is 22.0. The summed E-state index contributed by atoms with van der Waals surface area (Å²) in [5.74, 6) is -0.491. The number of carboxylic acid groups (broad SMARTS) is 1. The van der Waals surface area contributed by atoms with Gasteiger partial charge in [-0.3, -0.25) is 9.52 Å². The molecular weight excluding hydrogens is 400 g/mol. The van der Waals surface area contributed by atoms with Crippen molar-refractivity contribution in [2.45, 2.75) is 96.4 Å². The van der Waals surface area contributed by atoms with E-state index in [9.17, 15) is 18.3 Å². The predicted molar refractivity (Wildman–Crippen MR) is 122 cm³/mol. The van der Waals surface area contributed by atoms with Gasteiger partial charge in [-0.25, -0.2) is 0 Å². The summed E-state index contributed by atoms with van der Waals surface area (Å²) in [6.45, 7) is 4.33. The van der Waals surface area contributed by atoms with Crippen molar-refractivity contribution in [3.8, 4) is 0 Å². The number of anilines is 1. The fourth-order valence-electron chi connectivity index (χ4n) is 4.23. The van der Waals surface area contributed by atoms with Crippen LogP contribution in [0.3, 0.4) is 0 Å². The average Bonchev–Trinajstić information content (AvgIpc) is 2.67. The molecule has 3 N–H and O–H groups in total. The summed E-state index contributed by atoms with van der Waals surface area (Å²) >= 11 is 0. The Balaban J connectivity index is 1.90. The fraction of sp³-hybridized carbons (Fsp3) is 0.696. The lowest BCUT2D eigenvalue weighted by atomic mass is 9.76. The summed E-state index contributed by atoms with van der Waals surface area (Å²) < 4.78 is 30.6. The minimum Gasteiger partial charge on any atom is -0.481 e. The molecule has 0 bridgehead atoms. The van der Waals surface area contributed by atoms with Gasteiger partial charge in [0.2, 0.25) is 0 Å². The van der Waals surface area contributed by atoms with Crippen LogP contribution in [0.15, 0.2) is 24.3 Å². The summed E-state index contributed by atoms with van der Waals surface area (Å²) in [6.07, 6.45) is 11.0. The Morgan fingerprint density at radius 2 is 1.67 bits per heavy atom. The Kier molecular flexibility index (Phi) is 9.62. The van der Waals surface area contributed by atoms with Crippen LogP contribution in [0.5, 0.6) is 0 Å². The number of rotatable bonds is 13. The number of nitrogens with one attached hydrogen (secondary N) is 2. The first-order chi connectivity index (χ1) is 14.2. The van der Waals surface area contributed by atoms with Crippen LogP contribution in [0.2, 0.25) is 0 Å². The molecule has 0 atom stereocenters. The first kappa shape index (κ1) is 24.7. The monoisotopic (exact) mass is 438 g/mol. The second kappa shape index (κ2) is 11.7. The van der Waals surface area contributed by atoms with E-state index in [2.05, 4.69) is 23.3 Å². The van der Waals surface area contributed by atoms with Crippen molar-refractivity contribution < 1.29 is 18.3 Å². The van der Waals surface area contributed by atoms with Crippen LogP contribution < -0.4 is 9.44 Å². The summed E-state index contributed by atoms with van der Waals surface area (Å²) in [5, 5.41) is 9.29. The molecule has 0 aromatic heterocycles.